The highest BCUT2D eigenvalue weighted by Crippen LogP contribution is 2.27. The number of benzene rings is 1. The molecule has 1 amide bonds. The van der Waals surface area contributed by atoms with E-state index in [1.165, 1.54) is 18.6 Å². The standard InChI is InChI=1S/C14H17F2NO/c1-2-17(9-10-5-3-6-10)14(18)11-7-4-8-12(15)13(11)16/h4,7-8,10H,2-3,5-6,9H2,1H3. The second kappa shape index (κ2) is 5.46. The summed E-state index contributed by atoms with van der Waals surface area (Å²) in [6.07, 6.45) is 3.44. The normalized spacial score (nSPS) is 15.3. The number of halogens is 2. The molecule has 0 N–H and O–H groups in total. The Morgan fingerprint density at radius 1 is 1.39 bits per heavy atom. The molecular weight excluding hydrogens is 236 g/mol. The van der Waals surface area contributed by atoms with Gasteiger partial charge in [-0.2, -0.15) is 0 Å². The maximum atomic E-state index is 13.6. The van der Waals surface area contributed by atoms with Crippen molar-refractivity contribution in [3.8, 4) is 0 Å². The van der Waals surface area contributed by atoms with Crippen LogP contribution in [0.3, 0.4) is 0 Å². The minimum atomic E-state index is -1.05. The van der Waals surface area contributed by atoms with Gasteiger partial charge in [0.1, 0.15) is 0 Å². The van der Waals surface area contributed by atoms with Crippen LogP contribution in [0.15, 0.2) is 18.2 Å². The number of nitrogens with zero attached hydrogens (tertiary/aromatic N) is 1. The topological polar surface area (TPSA) is 20.3 Å². The van der Waals surface area contributed by atoms with E-state index in [1.807, 2.05) is 6.92 Å². The molecule has 0 heterocycles. The van der Waals surface area contributed by atoms with Crippen molar-refractivity contribution in [1.29, 1.82) is 0 Å². The van der Waals surface area contributed by atoms with Gasteiger partial charge in [-0.15, -0.1) is 0 Å². The minimum absolute atomic E-state index is 0.170. The first-order valence-corrected chi connectivity index (χ1v) is 6.36. The molecule has 2 nitrogen and oxygen atoms in total. The zero-order valence-corrected chi connectivity index (χ0v) is 10.5. The largest absolute Gasteiger partial charge is 0.339 e. The van der Waals surface area contributed by atoms with Crippen LogP contribution in [0.5, 0.6) is 0 Å². The predicted octanol–water partition coefficient (Wildman–Crippen LogP) is 3.23. The Labute approximate surface area is 106 Å². The second-order valence-corrected chi connectivity index (χ2v) is 4.74. The van der Waals surface area contributed by atoms with Crippen LogP contribution in [0.1, 0.15) is 36.5 Å². The van der Waals surface area contributed by atoms with Gasteiger partial charge in [0.25, 0.3) is 5.91 Å². The van der Waals surface area contributed by atoms with Crippen molar-refractivity contribution in [2.45, 2.75) is 26.2 Å². The Balaban J connectivity index is 2.14. The summed E-state index contributed by atoms with van der Waals surface area (Å²) < 4.78 is 26.7. The van der Waals surface area contributed by atoms with E-state index in [1.54, 1.807) is 4.90 Å². The summed E-state index contributed by atoms with van der Waals surface area (Å²) in [5.74, 6) is -1.91. The van der Waals surface area contributed by atoms with E-state index in [9.17, 15) is 13.6 Å². The fourth-order valence-corrected chi connectivity index (χ4v) is 2.18. The molecule has 0 aromatic heterocycles. The zero-order chi connectivity index (χ0) is 13.1. The molecule has 0 bridgehead atoms. The average molecular weight is 253 g/mol. The van der Waals surface area contributed by atoms with Crippen LogP contribution in [0.2, 0.25) is 0 Å². The molecule has 18 heavy (non-hydrogen) atoms. The molecule has 0 spiro atoms. The molecule has 0 radical (unpaired) electrons. The molecule has 4 heteroatoms. The van der Waals surface area contributed by atoms with Gasteiger partial charge in [0.2, 0.25) is 0 Å². The van der Waals surface area contributed by atoms with Gasteiger partial charge in [0.05, 0.1) is 5.56 Å². The number of amides is 1. The van der Waals surface area contributed by atoms with E-state index >= 15 is 0 Å². The molecule has 1 aliphatic rings. The van der Waals surface area contributed by atoms with Crippen molar-refractivity contribution in [2.75, 3.05) is 13.1 Å². The maximum absolute atomic E-state index is 13.6. The molecule has 0 aliphatic heterocycles. The third-order valence-corrected chi connectivity index (χ3v) is 3.55. The third-order valence-electron chi connectivity index (χ3n) is 3.55. The minimum Gasteiger partial charge on any atom is -0.339 e. The lowest BCUT2D eigenvalue weighted by Crippen LogP contribution is -2.37. The van der Waals surface area contributed by atoms with E-state index in [-0.39, 0.29) is 5.56 Å². The molecule has 1 saturated carbocycles. The quantitative estimate of drug-likeness (QED) is 0.806. The first-order chi connectivity index (χ1) is 8.63. The molecule has 0 atom stereocenters. The lowest BCUT2D eigenvalue weighted by Gasteiger charge is -2.31. The lowest BCUT2D eigenvalue weighted by molar-refractivity contribution is 0.0700. The van der Waals surface area contributed by atoms with E-state index in [0.717, 1.165) is 18.9 Å². The monoisotopic (exact) mass is 253 g/mol. The Hall–Kier alpha value is -1.45. The van der Waals surface area contributed by atoms with Gasteiger partial charge in [0.15, 0.2) is 11.6 Å². The highest BCUT2D eigenvalue weighted by Gasteiger charge is 2.25. The highest BCUT2D eigenvalue weighted by molar-refractivity contribution is 5.94. The van der Waals surface area contributed by atoms with Crippen LogP contribution >= 0.6 is 0 Å². The second-order valence-electron chi connectivity index (χ2n) is 4.74. The fourth-order valence-electron chi connectivity index (χ4n) is 2.18. The van der Waals surface area contributed by atoms with Crippen LogP contribution in [-0.4, -0.2) is 23.9 Å². The molecule has 1 aliphatic carbocycles. The summed E-state index contributed by atoms with van der Waals surface area (Å²) in [6.45, 7) is 3.02. The summed E-state index contributed by atoms with van der Waals surface area (Å²) >= 11 is 0. The summed E-state index contributed by atoms with van der Waals surface area (Å²) in [7, 11) is 0. The van der Waals surface area contributed by atoms with Crippen LogP contribution in [0.25, 0.3) is 0 Å². The average Bonchev–Trinajstić information content (AvgIpc) is 2.31. The van der Waals surface area contributed by atoms with Crippen LogP contribution in [-0.2, 0) is 0 Å². The molecule has 1 aromatic rings. The molecular formula is C14H17F2NO. The highest BCUT2D eigenvalue weighted by atomic mass is 19.2. The lowest BCUT2D eigenvalue weighted by atomic mass is 9.85. The molecule has 1 aromatic carbocycles. The van der Waals surface area contributed by atoms with E-state index in [4.69, 9.17) is 0 Å². The number of rotatable bonds is 4. The fraction of sp³-hybridized carbons (Fsp3) is 0.500. The van der Waals surface area contributed by atoms with Crippen LogP contribution in [0.4, 0.5) is 8.78 Å². The Bertz CT molecular complexity index is 443. The van der Waals surface area contributed by atoms with Gasteiger partial charge < -0.3 is 4.90 Å². The van der Waals surface area contributed by atoms with E-state index in [2.05, 4.69) is 0 Å². The first kappa shape index (κ1) is 13.0. The van der Waals surface area contributed by atoms with Gasteiger partial charge in [-0.3, -0.25) is 4.79 Å². The van der Waals surface area contributed by atoms with Gasteiger partial charge >= 0.3 is 0 Å². The Morgan fingerprint density at radius 2 is 2.11 bits per heavy atom. The summed E-state index contributed by atoms with van der Waals surface area (Å²) in [4.78, 5) is 13.7. The molecule has 0 unspecified atom stereocenters. The van der Waals surface area contributed by atoms with E-state index < -0.39 is 17.5 Å². The number of carbonyl (C=O) groups is 1. The van der Waals surface area contributed by atoms with Crippen LogP contribution in [0, 0.1) is 17.6 Å². The van der Waals surface area contributed by atoms with Crippen molar-refractivity contribution >= 4 is 5.91 Å². The first-order valence-electron chi connectivity index (χ1n) is 6.36. The molecule has 0 saturated heterocycles. The van der Waals surface area contributed by atoms with Gasteiger partial charge in [-0.05, 0) is 37.8 Å². The zero-order valence-electron chi connectivity index (χ0n) is 10.5. The SMILES string of the molecule is CCN(CC1CCC1)C(=O)c1cccc(F)c1F. The van der Waals surface area contributed by atoms with Gasteiger partial charge in [0, 0.05) is 13.1 Å². The van der Waals surface area contributed by atoms with Crippen molar-refractivity contribution in [3.05, 3.63) is 35.4 Å². The van der Waals surface area contributed by atoms with Crippen molar-refractivity contribution in [2.24, 2.45) is 5.92 Å². The molecule has 98 valence electrons. The van der Waals surface area contributed by atoms with Gasteiger partial charge in [-0.1, -0.05) is 12.5 Å². The molecule has 1 fully saturated rings. The van der Waals surface area contributed by atoms with Gasteiger partial charge in [-0.25, -0.2) is 8.78 Å². The Morgan fingerprint density at radius 3 is 2.67 bits per heavy atom. The summed E-state index contributed by atoms with van der Waals surface area (Å²) in [5, 5.41) is 0. The number of carbonyl (C=O) groups excluding carboxylic acids is 1. The van der Waals surface area contributed by atoms with Crippen molar-refractivity contribution in [3.63, 3.8) is 0 Å². The van der Waals surface area contributed by atoms with Crippen molar-refractivity contribution < 1.29 is 13.6 Å². The summed E-state index contributed by atoms with van der Waals surface area (Å²) in [5.41, 5.74) is -0.170. The third kappa shape index (κ3) is 2.52. The number of hydrogen-bond donors (Lipinski definition) is 0. The maximum Gasteiger partial charge on any atom is 0.256 e. The van der Waals surface area contributed by atoms with Crippen molar-refractivity contribution in [1.82, 2.24) is 4.90 Å². The van der Waals surface area contributed by atoms with Crippen LogP contribution < -0.4 is 0 Å². The summed E-state index contributed by atoms with van der Waals surface area (Å²) in [6, 6.07) is 3.72. The smallest absolute Gasteiger partial charge is 0.256 e. The predicted molar refractivity (Wildman–Crippen MR) is 65.3 cm³/mol. The molecule has 2 rings (SSSR count). The number of hydrogen-bond acceptors (Lipinski definition) is 1. The van der Waals surface area contributed by atoms with E-state index in [0.29, 0.717) is 19.0 Å². The Kier molecular flexibility index (Phi) is 3.94.